The average Bonchev–Trinajstić information content (AvgIpc) is 3.25. The van der Waals surface area contributed by atoms with E-state index in [2.05, 4.69) is 31.7 Å². The highest BCUT2D eigenvalue weighted by Gasteiger charge is 2.11. The lowest BCUT2D eigenvalue weighted by atomic mass is 10.1. The van der Waals surface area contributed by atoms with Crippen molar-refractivity contribution in [2.24, 2.45) is 15.9 Å². The van der Waals surface area contributed by atoms with Gasteiger partial charge in [0.05, 0.1) is 11.2 Å². The monoisotopic (exact) mass is 424 g/mol. The van der Waals surface area contributed by atoms with E-state index in [1.807, 2.05) is 68.4 Å². The third-order valence-electron chi connectivity index (χ3n) is 4.75. The Balaban J connectivity index is 1.62. The Morgan fingerprint density at radius 1 is 1.12 bits per heavy atom. The Kier molecular flexibility index (Phi) is 6.19. The number of rotatable bonds is 7. The highest BCUT2D eigenvalue weighted by Crippen LogP contribution is 2.30. The van der Waals surface area contributed by atoms with Gasteiger partial charge in [-0.1, -0.05) is 18.7 Å². The summed E-state index contributed by atoms with van der Waals surface area (Å²) in [5, 5.41) is 8.34. The minimum absolute atomic E-state index is 0.358. The Bertz CT molecular complexity index is 1280. The predicted molar refractivity (Wildman–Crippen MR) is 129 cm³/mol. The van der Waals surface area contributed by atoms with Crippen LogP contribution >= 0.6 is 0 Å². The smallest absolute Gasteiger partial charge is 0.178 e. The number of aromatic amines is 1. The molecule has 0 saturated carbocycles. The third-order valence-corrected chi connectivity index (χ3v) is 4.75. The first-order chi connectivity index (χ1) is 15.6. The minimum Gasteiger partial charge on any atom is -0.457 e. The van der Waals surface area contributed by atoms with Crippen LogP contribution in [0.1, 0.15) is 25.0 Å². The van der Waals surface area contributed by atoms with Gasteiger partial charge in [0.25, 0.3) is 0 Å². The molecule has 0 atom stereocenters. The van der Waals surface area contributed by atoms with Crippen molar-refractivity contribution in [1.29, 1.82) is 0 Å². The van der Waals surface area contributed by atoms with Crippen molar-refractivity contribution >= 4 is 22.6 Å². The predicted octanol–water partition coefficient (Wildman–Crippen LogP) is 5.25. The Labute approximate surface area is 186 Å². The molecule has 2 heterocycles. The number of hydrogen-bond donors (Lipinski definition) is 2. The van der Waals surface area contributed by atoms with Gasteiger partial charge < -0.3 is 15.5 Å². The molecule has 0 amide bonds. The van der Waals surface area contributed by atoms with Gasteiger partial charge in [-0.2, -0.15) is 10.2 Å². The fraction of sp³-hybridized carbons (Fsp3) is 0.120. The average molecular weight is 425 g/mol. The van der Waals surface area contributed by atoms with Crippen molar-refractivity contribution in [3.63, 3.8) is 0 Å². The molecule has 0 aliphatic carbocycles. The zero-order valence-corrected chi connectivity index (χ0v) is 18.0. The second-order valence-corrected chi connectivity index (χ2v) is 7.35. The van der Waals surface area contributed by atoms with Crippen molar-refractivity contribution in [1.82, 2.24) is 15.0 Å². The van der Waals surface area contributed by atoms with Crippen molar-refractivity contribution in [3.05, 3.63) is 84.6 Å². The Hall–Kier alpha value is -4.10. The molecule has 160 valence electrons. The fourth-order valence-electron chi connectivity index (χ4n) is 3.14. The zero-order valence-electron chi connectivity index (χ0n) is 18.0. The van der Waals surface area contributed by atoms with E-state index in [9.17, 15) is 0 Å². The summed E-state index contributed by atoms with van der Waals surface area (Å²) in [6, 6.07) is 17.3. The summed E-state index contributed by atoms with van der Waals surface area (Å²) in [5.74, 6) is 2.08. The van der Waals surface area contributed by atoms with Crippen molar-refractivity contribution in [3.8, 4) is 22.9 Å². The van der Waals surface area contributed by atoms with Crippen LogP contribution in [0.3, 0.4) is 0 Å². The van der Waals surface area contributed by atoms with Gasteiger partial charge in [-0.15, -0.1) is 0 Å². The molecule has 0 bridgehead atoms. The first kappa shape index (κ1) is 21.1. The molecule has 0 aliphatic heterocycles. The molecule has 7 nitrogen and oxygen atoms in total. The number of aromatic nitrogens is 3. The molecule has 32 heavy (non-hydrogen) atoms. The van der Waals surface area contributed by atoms with E-state index in [0.29, 0.717) is 29.4 Å². The number of pyridine rings is 1. The van der Waals surface area contributed by atoms with Gasteiger partial charge in [0.1, 0.15) is 17.3 Å². The third kappa shape index (κ3) is 4.63. The number of nitrogens with zero attached hydrogens (tertiary/aromatic N) is 4. The van der Waals surface area contributed by atoms with Gasteiger partial charge in [0, 0.05) is 35.1 Å². The summed E-state index contributed by atoms with van der Waals surface area (Å²) in [6.07, 6.45) is 3.40. The molecule has 4 rings (SSSR count). The Morgan fingerprint density at radius 2 is 1.94 bits per heavy atom. The van der Waals surface area contributed by atoms with Crippen LogP contribution in [0, 0.1) is 0 Å². The molecule has 4 aromatic rings. The lowest BCUT2D eigenvalue weighted by molar-refractivity contribution is 0.476. The molecule has 2 aromatic heterocycles. The maximum Gasteiger partial charge on any atom is 0.178 e. The highest BCUT2D eigenvalue weighted by atomic mass is 16.5. The SMILES string of the molecule is C=C/C(=N\N=C(C)C)c1ccc(Oc2cc(-c3nc4ncccc4[nH]3)ccc2CN)cc1. The number of ether oxygens (including phenoxy) is 1. The highest BCUT2D eigenvalue weighted by molar-refractivity contribution is 6.08. The number of hydrogen-bond acceptors (Lipinski definition) is 6. The summed E-state index contributed by atoms with van der Waals surface area (Å²) in [7, 11) is 0. The van der Waals surface area contributed by atoms with E-state index in [1.54, 1.807) is 12.3 Å². The first-order valence-electron chi connectivity index (χ1n) is 10.2. The summed E-state index contributed by atoms with van der Waals surface area (Å²) in [5.41, 5.74) is 11.8. The van der Waals surface area contributed by atoms with E-state index in [0.717, 1.165) is 33.7 Å². The van der Waals surface area contributed by atoms with Crippen LogP contribution in [0.2, 0.25) is 0 Å². The first-order valence-corrected chi connectivity index (χ1v) is 10.2. The lowest BCUT2D eigenvalue weighted by Gasteiger charge is -2.12. The van der Waals surface area contributed by atoms with Crippen molar-refractivity contribution in [2.45, 2.75) is 20.4 Å². The maximum atomic E-state index is 6.17. The minimum atomic E-state index is 0.358. The molecule has 7 heteroatoms. The molecule has 2 aromatic carbocycles. The normalized spacial score (nSPS) is 11.4. The summed E-state index contributed by atoms with van der Waals surface area (Å²) < 4.78 is 6.17. The lowest BCUT2D eigenvalue weighted by Crippen LogP contribution is -2.00. The van der Waals surface area contributed by atoms with Crippen LogP contribution < -0.4 is 10.5 Å². The van der Waals surface area contributed by atoms with Crippen LogP contribution in [0.5, 0.6) is 11.5 Å². The number of benzene rings is 2. The number of fused-ring (bicyclic) bond motifs is 1. The molecular formula is C25H24N6O. The van der Waals surface area contributed by atoms with Gasteiger partial charge >= 0.3 is 0 Å². The fourth-order valence-corrected chi connectivity index (χ4v) is 3.14. The zero-order chi connectivity index (χ0) is 22.5. The number of imidazole rings is 1. The quantitative estimate of drug-likeness (QED) is 0.313. The number of allylic oxidation sites excluding steroid dienone is 1. The standard InChI is InChI=1S/C25H24N6O/c1-4-21(31-30-16(2)3)17-9-11-20(12-10-17)32-23-14-18(7-8-19(23)15-26)24-28-22-6-5-13-27-25(22)29-24/h4-14H,1,15,26H2,2-3H3,(H,27,28,29)/b31-21+. The molecule has 0 unspecified atom stereocenters. The molecular weight excluding hydrogens is 400 g/mol. The summed E-state index contributed by atoms with van der Waals surface area (Å²) in [4.78, 5) is 12.1. The number of H-pyrrole nitrogens is 1. The topological polar surface area (TPSA) is 102 Å². The largest absolute Gasteiger partial charge is 0.457 e. The summed E-state index contributed by atoms with van der Waals surface area (Å²) >= 11 is 0. The van der Waals surface area contributed by atoms with E-state index in [-0.39, 0.29) is 0 Å². The van der Waals surface area contributed by atoms with E-state index < -0.39 is 0 Å². The van der Waals surface area contributed by atoms with Crippen LogP contribution in [-0.2, 0) is 6.54 Å². The Morgan fingerprint density at radius 3 is 2.62 bits per heavy atom. The van der Waals surface area contributed by atoms with E-state index in [4.69, 9.17) is 10.5 Å². The molecule has 0 aliphatic rings. The second-order valence-electron chi connectivity index (χ2n) is 7.35. The van der Waals surface area contributed by atoms with Crippen LogP contribution in [0.25, 0.3) is 22.6 Å². The molecule has 0 saturated heterocycles. The van der Waals surface area contributed by atoms with Crippen LogP contribution in [-0.4, -0.2) is 26.4 Å². The molecule has 3 N–H and O–H groups in total. The van der Waals surface area contributed by atoms with E-state index in [1.165, 1.54) is 0 Å². The second kappa shape index (κ2) is 9.36. The van der Waals surface area contributed by atoms with Gasteiger partial charge in [-0.05, 0) is 62.4 Å². The van der Waals surface area contributed by atoms with E-state index >= 15 is 0 Å². The molecule has 0 fully saturated rings. The van der Waals surface area contributed by atoms with Gasteiger partial charge in [0.15, 0.2) is 5.65 Å². The number of nitrogens with one attached hydrogen (secondary N) is 1. The van der Waals surface area contributed by atoms with Gasteiger partial charge in [-0.25, -0.2) is 9.97 Å². The number of nitrogens with two attached hydrogens (primary N) is 1. The van der Waals surface area contributed by atoms with Gasteiger partial charge in [0.2, 0.25) is 0 Å². The maximum absolute atomic E-state index is 6.17. The van der Waals surface area contributed by atoms with Crippen molar-refractivity contribution < 1.29 is 4.74 Å². The van der Waals surface area contributed by atoms with Crippen LogP contribution in [0.4, 0.5) is 0 Å². The van der Waals surface area contributed by atoms with Gasteiger partial charge in [-0.3, -0.25) is 0 Å². The van der Waals surface area contributed by atoms with Crippen molar-refractivity contribution in [2.75, 3.05) is 0 Å². The van der Waals surface area contributed by atoms with Crippen LogP contribution in [0.15, 0.2) is 83.7 Å². The summed E-state index contributed by atoms with van der Waals surface area (Å²) in [6.45, 7) is 7.97. The molecule has 0 spiro atoms. The molecule has 0 radical (unpaired) electrons.